The molecular formula is C13H11Cl2N3O2S. The molecule has 1 aromatic heterocycles. The highest BCUT2D eigenvalue weighted by Crippen LogP contribution is 2.24. The van der Waals surface area contributed by atoms with Gasteiger partial charge in [0.05, 0.1) is 17.7 Å². The summed E-state index contributed by atoms with van der Waals surface area (Å²) in [5.41, 5.74) is 0.339. The Labute approximate surface area is 136 Å². The first kappa shape index (κ1) is 15.9. The first-order valence-corrected chi connectivity index (χ1v) is 7.75. The van der Waals surface area contributed by atoms with E-state index in [4.69, 9.17) is 27.9 Å². The summed E-state index contributed by atoms with van der Waals surface area (Å²) in [4.78, 5) is 21.1. The number of methoxy groups -OCH3 is 1. The van der Waals surface area contributed by atoms with Crippen LogP contribution >= 0.6 is 35.0 Å². The fourth-order valence-corrected chi connectivity index (χ4v) is 2.35. The van der Waals surface area contributed by atoms with Crippen molar-refractivity contribution in [2.24, 2.45) is 0 Å². The Morgan fingerprint density at radius 1 is 1.29 bits per heavy atom. The van der Waals surface area contributed by atoms with E-state index in [9.17, 15) is 4.79 Å². The minimum atomic E-state index is -0.416. The summed E-state index contributed by atoms with van der Waals surface area (Å²) in [6.07, 6.45) is 1.91. The van der Waals surface area contributed by atoms with E-state index in [2.05, 4.69) is 15.3 Å². The summed E-state index contributed by atoms with van der Waals surface area (Å²) >= 11 is 13.4. The quantitative estimate of drug-likeness (QED) is 0.676. The lowest BCUT2D eigenvalue weighted by molar-refractivity contribution is 0.102. The van der Waals surface area contributed by atoms with Gasteiger partial charge in [-0.25, -0.2) is 4.98 Å². The number of carbonyl (C=O) groups is 1. The largest absolute Gasteiger partial charge is 0.481 e. The number of ether oxygens (including phenoxy) is 1. The fraction of sp³-hybridized carbons (Fsp3) is 0.154. The van der Waals surface area contributed by atoms with Gasteiger partial charge in [0, 0.05) is 11.0 Å². The van der Waals surface area contributed by atoms with Crippen LogP contribution in [0.4, 0.5) is 5.95 Å². The van der Waals surface area contributed by atoms with Crippen molar-refractivity contribution in [1.29, 1.82) is 0 Å². The van der Waals surface area contributed by atoms with E-state index >= 15 is 0 Å². The van der Waals surface area contributed by atoms with Crippen LogP contribution in [0, 0.1) is 0 Å². The molecule has 0 saturated heterocycles. The van der Waals surface area contributed by atoms with E-state index < -0.39 is 5.91 Å². The van der Waals surface area contributed by atoms with Crippen LogP contribution in [0.2, 0.25) is 10.2 Å². The molecule has 0 bridgehead atoms. The standard InChI is InChI=1S/C13H11Cl2N3O2S/c1-20-11-6-10(15)16-13(17-11)18-12(19)8-5-7(21-2)3-4-9(8)14/h3-6H,1-2H3,(H,16,17,18,19). The van der Waals surface area contributed by atoms with Gasteiger partial charge in [-0.05, 0) is 24.5 Å². The number of anilines is 1. The molecule has 2 aromatic rings. The van der Waals surface area contributed by atoms with Gasteiger partial charge in [0.2, 0.25) is 11.8 Å². The number of thioether (sulfide) groups is 1. The lowest BCUT2D eigenvalue weighted by Crippen LogP contribution is -2.15. The van der Waals surface area contributed by atoms with Gasteiger partial charge in [-0.15, -0.1) is 11.8 Å². The molecule has 2 rings (SSSR count). The van der Waals surface area contributed by atoms with Crippen LogP contribution in [0.3, 0.4) is 0 Å². The van der Waals surface area contributed by atoms with Gasteiger partial charge in [-0.3, -0.25) is 10.1 Å². The molecule has 0 unspecified atom stereocenters. The molecule has 5 nitrogen and oxygen atoms in total. The SMILES string of the molecule is COc1cc(Cl)nc(NC(=O)c2cc(SC)ccc2Cl)n1. The number of hydrogen-bond acceptors (Lipinski definition) is 5. The van der Waals surface area contributed by atoms with Crippen LogP contribution in [0.1, 0.15) is 10.4 Å². The number of rotatable bonds is 4. The van der Waals surface area contributed by atoms with E-state index in [1.807, 2.05) is 12.3 Å². The Balaban J connectivity index is 2.27. The maximum atomic E-state index is 12.2. The maximum absolute atomic E-state index is 12.2. The fourth-order valence-electron chi connectivity index (χ4n) is 1.53. The summed E-state index contributed by atoms with van der Waals surface area (Å²) in [6, 6.07) is 6.65. The minimum Gasteiger partial charge on any atom is -0.481 e. The highest BCUT2D eigenvalue weighted by molar-refractivity contribution is 7.98. The molecule has 0 fully saturated rings. The lowest BCUT2D eigenvalue weighted by atomic mass is 10.2. The number of aromatic nitrogens is 2. The van der Waals surface area contributed by atoms with Crippen molar-refractivity contribution in [2.75, 3.05) is 18.7 Å². The van der Waals surface area contributed by atoms with Crippen molar-refractivity contribution >= 4 is 46.8 Å². The minimum absolute atomic E-state index is 0.0509. The van der Waals surface area contributed by atoms with Crippen molar-refractivity contribution in [2.45, 2.75) is 4.90 Å². The zero-order valence-corrected chi connectivity index (χ0v) is 13.5. The first-order chi connectivity index (χ1) is 10.0. The zero-order valence-electron chi connectivity index (χ0n) is 11.2. The molecule has 1 aromatic carbocycles. The van der Waals surface area contributed by atoms with Crippen LogP contribution in [-0.4, -0.2) is 29.2 Å². The Morgan fingerprint density at radius 3 is 2.71 bits per heavy atom. The van der Waals surface area contributed by atoms with Crippen LogP contribution in [0.15, 0.2) is 29.2 Å². The molecule has 0 atom stereocenters. The second-order valence-corrected chi connectivity index (χ2v) is 5.53. The number of hydrogen-bond donors (Lipinski definition) is 1. The molecule has 0 aliphatic rings. The van der Waals surface area contributed by atoms with E-state index in [-0.39, 0.29) is 17.0 Å². The average molecular weight is 344 g/mol. The molecule has 8 heteroatoms. The van der Waals surface area contributed by atoms with E-state index in [1.165, 1.54) is 24.9 Å². The second-order valence-electron chi connectivity index (χ2n) is 3.86. The molecule has 110 valence electrons. The predicted octanol–water partition coefficient (Wildman–Crippen LogP) is 3.77. The number of benzene rings is 1. The van der Waals surface area contributed by atoms with Gasteiger partial charge in [0.25, 0.3) is 5.91 Å². The third-order valence-corrected chi connectivity index (χ3v) is 3.77. The van der Waals surface area contributed by atoms with Crippen molar-refractivity contribution in [3.05, 3.63) is 40.0 Å². The summed E-state index contributed by atoms with van der Waals surface area (Å²) in [6.45, 7) is 0. The van der Waals surface area contributed by atoms with Gasteiger partial charge < -0.3 is 4.74 Å². The molecule has 1 amide bonds. The Morgan fingerprint density at radius 2 is 2.05 bits per heavy atom. The lowest BCUT2D eigenvalue weighted by Gasteiger charge is -2.08. The van der Waals surface area contributed by atoms with E-state index in [0.29, 0.717) is 10.6 Å². The van der Waals surface area contributed by atoms with Crippen LogP contribution in [0.5, 0.6) is 5.88 Å². The summed E-state index contributed by atoms with van der Waals surface area (Å²) in [5.74, 6) is -0.107. The van der Waals surface area contributed by atoms with Crippen LogP contribution in [0.25, 0.3) is 0 Å². The van der Waals surface area contributed by atoms with Crippen molar-refractivity contribution in [1.82, 2.24) is 9.97 Å². The van der Waals surface area contributed by atoms with Crippen LogP contribution in [-0.2, 0) is 0 Å². The summed E-state index contributed by atoms with van der Waals surface area (Å²) < 4.78 is 4.97. The maximum Gasteiger partial charge on any atom is 0.259 e. The number of carbonyl (C=O) groups excluding carboxylic acids is 1. The predicted molar refractivity (Wildman–Crippen MR) is 84.8 cm³/mol. The smallest absolute Gasteiger partial charge is 0.259 e. The average Bonchev–Trinajstić information content (AvgIpc) is 2.46. The summed E-state index contributed by atoms with van der Waals surface area (Å²) in [5, 5.41) is 3.06. The molecular weight excluding hydrogens is 333 g/mol. The Bertz CT molecular complexity index is 682. The highest BCUT2D eigenvalue weighted by Gasteiger charge is 2.14. The Hall–Kier alpha value is -1.50. The van der Waals surface area contributed by atoms with Gasteiger partial charge >= 0.3 is 0 Å². The molecule has 1 N–H and O–H groups in total. The number of nitrogens with one attached hydrogen (secondary N) is 1. The Kier molecular flexibility index (Phi) is 5.27. The normalized spacial score (nSPS) is 10.3. The van der Waals surface area contributed by atoms with Gasteiger partial charge in [-0.2, -0.15) is 4.98 Å². The van der Waals surface area contributed by atoms with Gasteiger partial charge in [0.15, 0.2) is 0 Å². The second kappa shape index (κ2) is 6.98. The van der Waals surface area contributed by atoms with Crippen molar-refractivity contribution in [3.8, 4) is 5.88 Å². The molecule has 0 aliphatic carbocycles. The topological polar surface area (TPSA) is 64.1 Å². The number of amides is 1. The third-order valence-electron chi connectivity index (χ3n) is 2.52. The molecule has 1 heterocycles. The monoisotopic (exact) mass is 343 g/mol. The number of halogens is 2. The first-order valence-electron chi connectivity index (χ1n) is 5.77. The van der Waals surface area contributed by atoms with E-state index in [0.717, 1.165) is 4.90 Å². The van der Waals surface area contributed by atoms with Crippen LogP contribution < -0.4 is 10.1 Å². The number of nitrogens with zero attached hydrogens (tertiary/aromatic N) is 2. The molecule has 0 radical (unpaired) electrons. The zero-order chi connectivity index (χ0) is 15.4. The molecule has 0 saturated carbocycles. The van der Waals surface area contributed by atoms with E-state index in [1.54, 1.807) is 12.1 Å². The highest BCUT2D eigenvalue weighted by atomic mass is 35.5. The van der Waals surface area contributed by atoms with Crippen molar-refractivity contribution < 1.29 is 9.53 Å². The molecule has 0 spiro atoms. The van der Waals surface area contributed by atoms with Gasteiger partial charge in [0.1, 0.15) is 5.15 Å². The molecule has 0 aliphatic heterocycles. The van der Waals surface area contributed by atoms with Gasteiger partial charge in [-0.1, -0.05) is 23.2 Å². The third kappa shape index (κ3) is 4.00. The summed E-state index contributed by atoms with van der Waals surface area (Å²) in [7, 11) is 1.45. The van der Waals surface area contributed by atoms with Crippen molar-refractivity contribution in [3.63, 3.8) is 0 Å². The molecule has 21 heavy (non-hydrogen) atoms.